The van der Waals surface area contributed by atoms with Gasteiger partial charge in [-0.05, 0) is 72.1 Å². The molecular formula is C26H30N2O3. The number of ether oxygens (including phenoxy) is 2. The Morgan fingerprint density at radius 3 is 2.55 bits per heavy atom. The van der Waals surface area contributed by atoms with Crippen molar-refractivity contribution in [2.45, 2.75) is 38.6 Å². The van der Waals surface area contributed by atoms with Crippen molar-refractivity contribution in [2.75, 3.05) is 26.1 Å². The molecule has 2 bridgehead atoms. The van der Waals surface area contributed by atoms with Gasteiger partial charge in [-0.25, -0.2) is 4.98 Å². The number of aromatic nitrogens is 1. The third-order valence-corrected chi connectivity index (χ3v) is 7.35. The zero-order valence-electron chi connectivity index (χ0n) is 18.3. The van der Waals surface area contributed by atoms with E-state index in [1.54, 1.807) is 14.2 Å². The van der Waals surface area contributed by atoms with Crippen LogP contribution in [0, 0.1) is 10.8 Å². The minimum atomic E-state index is 0.280. The normalized spacial score (nSPS) is 23.7. The summed E-state index contributed by atoms with van der Waals surface area (Å²) in [6, 6.07) is 14.5. The number of hydrogen-bond acceptors (Lipinski definition) is 5. The van der Waals surface area contributed by atoms with Crippen molar-refractivity contribution < 1.29 is 14.6 Å². The summed E-state index contributed by atoms with van der Waals surface area (Å²) in [5.41, 5.74) is 3.21. The standard InChI is InChI=1S/C26H30N2O3/c1-30-20-7-6-19(23(12-20)31-2)13-28-24-22-5-3-4-18(21(22)9-11-27-24)8-10-25-14-26(15-25,16-25)17-29/h3-7,9,11-12,29H,8,10,13-17H2,1-2H3,(H,27,28). The fourth-order valence-electron chi connectivity index (χ4n) is 5.87. The van der Waals surface area contributed by atoms with Gasteiger partial charge in [0.1, 0.15) is 17.3 Å². The molecule has 0 spiro atoms. The lowest BCUT2D eigenvalue weighted by molar-refractivity contribution is -0.226. The van der Waals surface area contributed by atoms with Gasteiger partial charge in [0.15, 0.2) is 0 Å². The van der Waals surface area contributed by atoms with Crippen molar-refractivity contribution in [2.24, 2.45) is 10.8 Å². The van der Waals surface area contributed by atoms with Gasteiger partial charge in [-0.2, -0.15) is 0 Å². The van der Waals surface area contributed by atoms with E-state index in [0.29, 0.717) is 18.6 Å². The monoisotopic (exact) mass is 418 g/mol. The van der Waals surface area contributed by atoms with Crippen molar-refractivity contribution in [3.05, 3.63) is 59.8 Å². The van der Waals surface area contributed by atoms with E-state index in [0.717, 1.165) is 34.7 Å². The Bertz CT molecular complexity index is 1090. The van der Waals surface area contributed by atoms with Crippen LogP contribution in [-0.4, -0.2) is 30.9 Å². The number of aliphatic hydroxyl groups excluding tert-OH is 1. The number of nitrogens with one attached hydrogen (secondary N) is 1. The van der Waals surface area contributed by atoms with Crippen LogP contribution in [0.25, 0.3) is 10.8 Å². The largest absolute Gasteiger partial charge is 0.497 e. The number of benzene rings is 2. The Hall–Kier alpha value is -2.79. The number of hydrogen-bond donors (Lipinski definition) is 2. The van der Waals surface area contributed by atoms with Crippen LogP contribution < -0.4 is 14.8 Å². The lowest BCUT2D eigenvalue weighted by atomic mass is 9.34. The molecule has 2 aromatic carbocycles. The molecule has 0 unspecified atom stereocenters. The van der Waals surface area contributed by atoms with E-state index in [9.17, 15) is 5.11 Å². The van der Waals surface area contributed by atoms with E-state index in [1.807, 2.05) is 24.4 Å². The lowest BCUT2D eigenvalue weighted by Crippen LogP contribution is -2.63. The van der Waals surface area contributed by atoms with Gasteiger partial charge in [0, 0.05) is 36.4 Å². The summed E-state index contributed by atoms with van der Waals surface area (Å²) >= 11 is 0. The van der Waals surface area contributed by atoms with Crippen LogP contribution in [0.5, 0.6) is 11.5 Å². The average molecular weight is 419 g/mol. The second-order valence-corrected chi connectivity index (χ2v) is 9.39. The molecule has 3 aliphatic carbocycles. The molecular weight excluding hydrogens is 388 g/mol. The van der Waals surface area contributed by atoms with Gasteiger partial charge in [-0.15, -0.1) is 0 Å². The highest BCUT2D eigenvalue weighted by molar-refractivity contribution is 5.94. The molecule has 1 aromatic heterocycles. The molecule has 3 aromatic rings. The summed E-state index contributed by atoms with van der Waals surface area (Å²) in [6.07, 6.45) is 7.80. The van der Waals surface area contributed by atoms with Gasteiger partial charge in [-0.1, -0.05) is 18.2 Å². The second kappa shape index (κ2) is 7.72. The number of pyridine rings is 1. The minimum absolute atomic E-state index is 0.280. The number of anilines is 1. The molecule has 31 heavy (non-hydrogen) atoms. The molecule has 3 aliphatic rings. The highest BCUT2D eigenvalue weighted by Crippen LogP contribution is 2.74. The highest BCUT2D eigenvalue weighted by atomic mass is 16.5. The third-order valence-electron chi connectivity index (χ3n) is 7.35. The average Bonchev–Trinajstić information content (AvgIpc) is 2.76. The molecule has 0 amide bonds. The topological polar surface area (TPSA) is 63.6 Å². The molecule has 3 fully saturated rings. The van der Waals surface area contributed by atoms with Crippen LogP contribution in [-0.2, 0) is 13.0 Å². The molecule has 5 heteroatoms. The summed E-state index contributed by atoms with van der Waals surface area (Å²) in [6.45, 7) is 0.985. The van der Waals surface area contributed by atoms with Crippen LogP contribution in [0.2, 0.25) is 0 Å². The van der Waals surface area contributed by atoms with E-state index in [2.05, 4.69) is 34.6 Å². The first-order valence-corrected chi connectivity index (χ1v) is 11.0. The van der Waals surface area contributed by atoms with Crippen molar-refractivity contribution in [1.82, 2.24) is 4.98 Å². The fraction of sp³-hybridized carbons (Fsp3) is 0.423. The van der Waals surface area contributed by atoms with Crippen LogP contribution in [0.1, 0.15) is 36.8 Å². The van der Waals surface area contributed by atoms with E-state index >= 15 is 0 Å². The van der Waals surface area contributed by atoms with Gasteiger partial charge < -0.3 is 19.9 Å². The first kappa shape index (κ1) is 20.1. The van der Waals surface area contributed by atoms with Crippen molar-refractivity contribution in [1.29, 1.82) is 0 Å². The van der Waals surface area contributed by atoms with Gasteiger partial charge in [0.05, 0.1) is 14.2 Å². The van der Waals surface area contributed by atoms with Crippen LogP contribution in [0.3, 0.4) is 0 Å². The number of nitrogens with zero attached hydrogens (tertiary/aromatic N) is 1. The zero-order valence-corrected chi connectivity index (χ0v) is 18.3. The Labute approximate surface area is 183 Å². The van der Waals surface area contributed by atoms with E-state index in [-0.39, 0.29) is 5.41 Å². The molecule has 0 atom stereocenters. The maximum absolute atomic E-state index is 9.52. The summed E-state index contributed by atoms with van der Waals surface area (Å²) in [4.78, 5) is 4.61. The Kier molecular flexibility index (Phi) is 5.01. The first-order chi connectivity index (χ1) is 15.1. The number of aliphatic hydroxyl groups is 1. The molecule has 5 nitrogen and oxygen atoms in total. The van der Waals surface area contributed by atoms with E-state index < -0.39 is 0 Å². The third kappa shape index (κ3) is 3.51. The van der Waals surface area contributed by atoms with Crippen molar-refractivity contribution >= 4 is 16.6 Å². The lowest BCUT2D eigenvalue weighted by Gasteiger charge is -2.71. The molecule has 6 rings (SSSR count). The fourth-order valence-corrected chi connectivity index (χ4v) is 5.87. The van der Waals surface area contributed by atoms with Gasteiger partial charge in [0.25, 0.3) is 0 Å². The Balaban J connectivity index is 1.32. The van der Waals surface area contributed by atoms with Gasteiger partial charge in [-0.3, -0.25) is 0 Å². The summed E-state index contributed by atoms with van der Waals surface area (Å²) < 4.78 is 10.8. The van der Waals surface area contributed by atoms with Gasteiger partial charge in [0.2, 0.25) is 0 Å². The second-order valence-electron chi connectivity index (χ2n) is 9.39. The predicted molar refractivity (Wildman–Crippen MR) is 123 cm³/mol. The van der Waals surface area contributed by atoms with Crippen LogP contribution in [0.15, 0.2) is 48.7 Å². The summed E-state index contributed by atoms with van der Waals surface area (Å²) in [7, 11) is 3.33. The highest BCUT2D eigenvalue weighted by Gasteiger charge is 2.66. The Morgan fingerprint density at radius 2 is 1.81 bits per heavy atom. The maximum Gasteiger partial charge on any atom is 0.134 e. The molecule has 0 radical (unpaired) electrons. The zero-order chi connectivity index (χ0) is 21.5. The van der Waals surface area contributed by atoms with Crippen molar-refractivity contribution in [3.8, 4) is 11.5 Å². The van der Waals surface area contributed by atoms with E-state index in [4.69, 9.17) is 9.47 Å². The molecule has 3 saturated carbocycles. The number of fused-ring (bicyclic) bond motifs is 1. The van der Waals surface area contributed by atoms with Crippen LogP contribution >= 0.6 is 0 Å². The molecule has 2 N–H and O–H groups in total. The van der Waals surface area contributed by atoms with E-state index in [1.165, 1.54) is 36.6 Å². The minimum Gasteiger partial charge on any atom is -0.497 e. The SMILES string of the molecule is COc1ccc(CNc2nccc3c(CCC45CC(CO)(C4)C5)cccc23)c(OC)c1. The molecule has 1 heterocycles. The maximum atomic E-state index is 9.52. The summed E-state index contributed by atoms with van der Waals surface area (Å²) in [5, 5.41) is 15.4. The first-order valence-electron chi connectivity index (χ1n) is 11.0. The number of aryl methyl sites for hydroxylation is 1. The molecule has 162 valence electrons. The summed E-state index contributed by atoms with van der Waals surface area (Å²) in [5.74, 6) is 2.47. The van der Waals surface area contributed by atoms with Gasteiger partial charge >= 0.3 is 0 Å². The van der Waals surface area contributed by atoms with Crippen LogP contribution in [0.4, 0.5) is 5.82 Å². The predicted octanol–water partition coefficient (Wildman–Crippen LogP) is 4.96. The number of methoxy groups -OCH3 is 2. The molecule has 0 aliphatic heterocycles. The van der Waals surface area contributed by atoms with Crippen molar-refractivity contribution in [3.63, 3.8) is 0 Å². The number of rotatable bonds is 9. The Morgan fingerprint density at radius 1 is 0.968 bits per heavy atom. The smallest absolute Gasteiger partial charge is 0.134 e. The molecule has 0 saturated heterocycles. The quantitative estimate of drug-likeness (QED) is 0.514.